The van der Waals surface area contributed by atoms with Gasteiger partial charge in [0.15, 0.2) is 11.5 Å². The molecular formula is C24H21ClF3N3O3. The summed E-state index contributed by atoms with van der Waals surface area (Å²) in [6.45, 7) is 0.0787. The Morgan fingerprint density at radius 1 is 1.06 bits per heavy atom. The predicted molar refractivity (Wildman–Crippen MR) is 124 cm³/mol. The zero-order valence-electron chi connectivity index (χ0n) is 18.0. The van der Waals surface area contributed by atoms with E-state index in [1.54, 1.807) is 30.3 Å². The normalized spacial score (nSPS) is 11.3. The van der Waals surface area contributed by atoms with E-state index in [0.717, 1.165) is 17.7 Å². The smallest absolute Gasteiger partial charge is 0.416 e. The number of alkyl halides is 3. The molecule has 3 rings (SSSR count). The molecule has 3 aromatic carbocycles. The molecule has 34 heavy (non-hydrogen) atoms. The lowest BCUT2D eigenvalue weighted by molar-refractivity contribution is -0.137. The van der Waals surface area contributed by atoms with Crippen LogP contribution in [0.1, 0.15) is 16.7 Å². The fraction of sp³-hybridized carbons (Fsp3) is 0.167. The summed E-state index contributed by atoms with van der Waals surface area (Å²) in [4.78, 5) is 11.9. The van der Waals surface area contributed by atoms with Crippen molar-refractivity contribution in [3.63, 3.8) is 0 Å². The maximum Gasteiger partial charge on any atom is 0.416 e. The van der Waals surface area contributed by atoms with Crippen LogP contribution in [-0.2, 0) is 17.6 Å². The first-order valence-electron chi connectivity index (χ1n) is 10.0. The lowest BCUT2D eigenvalue weighted by Gasteiger charge is -2.11. The zero-order valence-corrected chi connectivity index (χ0v) is 18.8. The van der Waals surface area contributed by atoms with E-state index in [-0.39, 0.29) is 12.2 Å². The first-order valence-corrected chi connectivity index (χ1v) is 10.4. The van der Waals surface area contributed by atoms with Crippen molar-refractivity contribution < 1.29 is 27.4 Å². The van der Waals surface area contributed by atoms with Gasteiger partial charge >= 0.3 is 6.18 Å². The second kappa shape index (κ2) is 11.4. The van der Waals surface area contributed by atoms with Gasteiger partial charge in [-0.05, 0) is 59.7 Å². The van der Waals surface area contributed by atoms with E-state index in [9.17, 15) is 18.0 Å². The van der Waals surface area contributed by atoms with E-state index in [1.807, 2.05) is 12.1 Å². The van der Waals surface area contributed by atoms with E-state index >= 15 is 0 Å². The molecular weight excluding hydrogens is 471 g/mol. The Morgan fingerprint density at radius 2 is 1.82 bits per heavy atom. The second-order valence-corrected chi connectivity index (χ2v) is 7.49. The Balaban J connectivity index is 1.51. The Hall–Kier alpha value is -3.72. The minimum absolute atomic E-state index is 0.174. The van der Waals surface area contributed by atoms with Crippen LogP contribution in [0.2, 0.25) is 5.02 Å². The molecule has 178 valence electrons. The Morgan fingerprint density at radius 3 is 2.53 bits per heavy atom. The number of amides is 1. The zero-order chi connectivity index (χ0) is 24.6. The van der Waals surface area contributed by atoms with Crippen LogP contribution >= 0.6 is 11.6 Å². The van der Waals surface area contributed by atoms with Crippen molar-refractivity contribution in [2.24, 2.45) is 5.10 Å². The van der Waals surface area contributed by atoms with Crippen molar-refractivity contribution in [3.05, 3.63) is 88.4 Å². The Labute approximate surface area is 199 Å². The van der Waals surface area contributed by atoms with Crippen LogP contribution in [0.25, 0.3) is 0 Å². The molecule has 0 fully saturated rings. The molecule has 0 aromatic heterocycles. The number of methoxy groups -OCH3 is 1. The largest absolute Gasteiger partial charge is 0.493 e. The third-order valence-electron chi connectivity index (χ3n) is 4.54. The number of rotatable bonds is 9. The van der Waals surface area contributed by atoms with Crippen molar-refractivity contribution in [2.75, 3.05) is 19.0 Å². The number of benzene rings is 3. The van der Waals surface area contributed by atoms with Crippen molar-refractivity contribution in [1.82, 2.24) is 5.43 Å². The topological polar surface area (TPSA) is 72.0 Å². The van der Waals surface area contributed by atoms with Gasteiger partial charge in [-0.2, -0.15) is 18.3 Å². The lowest BCUT2D eigenvalue weighted by atomic mass is 10.2. The highest BCUT2D eigenvalue weighted by Crippen LogP contribution is 2.31. The van der Waals surface area contributed by atoms with Gasteiger partial charge in [-0.25, -0.2) is 5.43 Å². The van der Waals surface area contributed by atoms with Gasteiger partial charge < -0.3 is 14.8 Å². The molecule has 0 saturated heterocycles. The third kappa shape index (κ3) is 7.41. The number of ether oxygens (including phenoxy) is 2. The summed E-state index contributed by atoms with van der Waals surface area (Å²) < 4.78 is 49.4. The van der Waals surface area contributed by atoms with E-state index in [0.29, 0.717) is 28.7 Å². The number of anilines is 1. The molecule has 0 bridgehead atoms. The molecule has 0 radical (unpaired) electrons. The number of hydrogen-bond donors (Lipinski definition) is 2. The quantitative estimate of drug-likeness (QED) is 0.306. The summed E-state index contributed by atoms with van der Waals surface area (Å²) in [7, 11) is 1.51. The van der Waals surface area contributed by atoms with Gasteiger partial charge in [-0.15, -0.1) is 0 Å². The van der Waals surface area contributed by atoms with Crippen molar-refractivity contribution >= 4 is 29.4 Å². The summed E-state index contributed by atoms with van der Waals surface area (Å²) in [6.07, 6.45) is -3.05. The van der Waals surface area contributed by atoms with E-state index in [2.05, 4.69) is 15.8 Å². The number of carbonyl (C=O) groups excluding carboxylic acids is 1. The van der Waals surface area contributed by atoms with Crippen molar-refractivity contribution in [1.29, 1.82) is 0 Å². The fourth-order valence-electron chi connectivity index (χ4n) is 2.83. The molecule has 0 saturated carbocycles. The highest BCUT2D eigenvalue weighted by molar-refractivity contribution is 6.30. The minimum atomic E-state index is -4.46. The van der Waals surface area contributed by atoms with Crippen LogP contribution in [0.15, 0.2) is 71.8 Å². The van der Waals surface area contributed by atoms with Gasteiger partial charge in [0, 0.05) is 10.7 Å². The SMILES string of the molecule is COc1cc(C=NNC(=O)CNc2cccc(C(F)(F)F)c2)ccc1OCc1ccc(Cl)cc1. The van der Waals surface area contributed by atoms with Crippen LogP contribution in [0.5, 0.6) is 11.5 Å². The summed E-state index contributed by atoms with van der Waals surface area (Å²) >= 11 is 5.88. The maximum absolute atomic E-state index is 12.8. The molecule has 0 aliphatic carbocycles. The molecule has 0 spiro atoms. The molecule has 2 N–H and O–H groups in total. The second-order valence-electron chi connectivity index (χ2n) is 7.05. The maximum atomic E-state index is 12.8. The van der Waals surface area contributed by atoms with E-state index in [1.165, 1.54) is 25.5 Å². The molecule has 0 unspecified atom stereocenters. The first kappa shape index (κ1) is 24.9. The van der Waals surface area contributed by atoms with Crippen LogP contribution < -0.4 is 20.2 Å². The summed E-state index contributed by atoms with van der Waals surface area (Å²) in [5.41, 5.74) is 3.27. The molecule has 1 amide bonds. The van der Waals surface area contributed by atoms with Crippen LogP contribution in [0.4, 0.5) is 18.9 Å². The molecule has 10 heteroatoms. The first-order chi connectivity index (χ1) is 16.2. The van der Waals surface area contributed by atoms with Crippen molar-refractivity contribution in [3.8, 4) is 11.5 Å². The number of nitrogens with zero attached hydrogens (tertiary/aromatic N) is 1. The van der Waals surface area contributed by atoms with Gasteiger partial charge in [0.1, 0.15) is 6.61 Å². The van der Waals surface area contributed by atoms with Crippen LogP contribution in [0.3, 0.4) is 0 Å². The third-order valence-corrected chi connectivity index (χ3v) is 4.79. The number of nitrogens with one attached hydrogen (secondary N) is 2. The van der Waals surface area contributed by atoms with Gasteiger partial charge in [-0.3, -0.25) is 4.79 Å². The minimum Gasteiger partial charge on any atom is -0.493 e. The monoisotopic (exact) mass is 491 g/mol. The highest BCUT2D eigenvalue weighted by atomic mass is 35.5. The van der Waals surface area contributed by atoms with Crippen LogP contribution in [-0.4, -0.2) is 25.8 Å². The molecule has 0 atom stereocenters. The lowest BCUT2D eigenvalue weighted by Crippen LogP contribution is -2.26. The molecule has 3 aromatic rings. The standard InChI is InChI=1S/C24H21ClF3N3O3/c1-33-22-11-17(7-10-21(22)34-15-16-5-8-19(25)9-6-16)13-30-31-23(32)14-29-20-4-2-3-18(12-20)24(26,27)28/h2-13,29H,14-15H2,1H3,(H,31,32). The van der Waals surface area contributed by atoms with Gasteiger partial charge in [0.05, 0.1) is 25.4 Å². The van der Waals surface area contributed by atoms with Crippen molar-refractivity contribution in [2.45, 2.75) is 12.8 Å². The molecule has 0 aliphatic heterocycles. The van der Waals surface area contributed by atoms with Gasteiger partial charge in [0.25, 0.3) is 5.91 Å². The van der Waals surface area contributed by atoms with Crippen LogP contribution in [0, 0.1) is 0 Å². The molecule has 0 aliphatic rings. The number of hydrogen-bond acceptors (Lipinski definition) is 5. The summed E-state index contributed by atoms with van der Waals surface area (Å²) in [5, 5.41) is 7.14. The summed E-state index contributed by atoms with van der Waals surface area (Å²) in [5.74, 6) is 0.489. The Kier molecular flexibility index (Phi) is 8.37. The molecule has 6 nitrogen and oxygen atoms in total. The fourth-order valence-corrected chi connectivity index (χ4v) is 2.96. The summed E-state index contributed by atoms with van der Waals surface area (Å²) in [6, 6.07) is 17.0. The number of carbonyl (C=O) groups is 1. The Bertz CT molecular complexity index is 1150. The van der Waals surface area contributed by atoms with Gasteiger partial charge in [-0.1, -0.05) is 29.8 Å². The van der Waals surface area contributed by atoms with Gasteiger partial charge in [0.2, 0.25) is 0 Å². The number of hydrazone groups is 1. The number of halogens is 4. The van der Waals surface area contributed by atoms with E-state index in [4.69, 9.17) is 21.1 Å². The predicted octanol–water partition coefficient (Wildman–Crippen LogP) is 5.51. The average Bonchev–Trinajstić information content (AvgIpc) is 2.82. The average molecular weight is 492 g/mol. The van der Waals surface area contributed by atoms with E-state index < -0.39 is 17.6 Å². The highest BCUT2D eigenvalue weighted by Gasteiger charge is 2.30. The molecule has 0 heterocycles.